The van der Waals surface area contributed by atoms with Gasteiger partial charge in [-0.3, -0.25) is 14.5 Å². The number of nitrogens with zero attached hydrogens (tertiary/aromatic N) is 1. The molecule has 0 aliphatic carbocycles. The van der Waals surface area contributed by atoms with Crippen molar-refractivity contribution in [2.24, 2.45) is 0 Å². The van der Waals surface area contributed by atoms with Gasteiger partial charge in [-0.2, -0.15) is 0 Å². The van der Waals surface area contributed by atoms with Crippen molar-refractivity contribution in [2.45, 2.75) is 26.2 Å². The molecule has 1 aromatic rings. The Balaban J connectivity index is 2.54. The summed E-state index contributed by atoms with van der Waals surface area (Å²) in [4.78, 5) is 24.6. The van der Waals surface area contributed by atoms with E-state index in [1.165, 1.54) is 11.8 Å². The molecule has 0 N–H and O–H groups in total. The smallest absolute Gasteiger partial charge is 0.233 e. The van der Waals surface area contributed by atoms with Gasteiger partial charge < -0.3 is 0 Å². The normalized spacial score (nSPS) is 15.6. The van der Waals surface area contributed by atoms with Crippen LogP contribution in [-0.2, 0) is 16.0 Å². The quantitative estimate of drug-likeness (QED) is 0.686. The summed E-state index contributed by atoms with van der Waals surface area (Å²) in [7, 11) is 0. The number of aryl methyl sites for hydroxylation is 1. The lowest BCUT2D eigenvalue weighted by Crippen LogP contribution is -2.34. The lowest BCUT2D eigenvalue weighted by atomic mass is 10.1. The van der Waals surface area contributed by atoms with E-state index in [4.69, 9.17) is 0 Å². The Labute approximate surface area is 108 Å². The second kappa shape index (κ2) is 4.53. The van der Waals surface area contributed by atoms with Crippen molar-refractivity contribution in [3.05, 3.63) is 27.3 Å². The van der Waals surface area contributed by atoms with Crippen molar-refractivity contribution in [1.29, 1.82) is 0 Å². The zero-order chi connectivity index (χ0) is 11.7. The van der Waals surface area contributed by atoms with E-state index in [0.29, 0.717) is 6.42 Å². The van der Waals surface area contributed by atoms with Crippen molar-refractivity contribution in [1.82, 2.24) is 0 Å². The van der Waals surface area contributed by atoms with Crippen molar-refractivity contribution >= 4 is 40.1 Å². The second-order valence-corrected chi connectivity index (χ2v) is 5.12. The number of carbonyl (C=O) groups is 2. The summed E-state index contributed by atoms with van der Waals surface area (Å²) in [6.07, 6.45) is 2.13. The average Bonchev–Trinajstić information content (AvgIpc) is 2.35. The number of hydrogen-bond donors (Lipinski definition) is 0. The van der Waals surface area contributed by atoms with Gasteiger partial charge in [0, 0.05) is 16.9 Å². The van der Waals surface area contributed by atoms with E-state index >= 15 is 0 Å². The third kappa shape index (κ3) is 2.11. The van der Waals surface area contributed by atoms with E-state index < -0.39 is 0 Å². The molecule has 1 heterocycles. The van der Waals surface area contributed by atoms with Crippen LogP contribution >= 0.6 is 22.6 Å². The van der Waals surface area contributed by atoms with Crippen LogP contribution in [0.25, 0.3) is 0 Å². The number of hydrogen-bond acceptors (Lipinski definition) is 2. The first kappa shape index (κ1) is 11.6. The minimum absolute atomic E-state index is 0.0903. The van der Waals surface area contributed by atoms with Gasteiger partial charge in [-0.15, -0.1) is 0 Å². The fraction of sp³-hybridized carbons (Fsp3) is 0.333. The lowest BCUT2D eigenvalue weighted by molar-refractivity contribution is -0.125. The maximum absolute atomic E-state index is 11.8. The molecule has 3 nitrogen and oxygen atoms in total. The van der Waals surface area contributed by atoms with E-state index in [0.717, 1.165) is 27.7 Å². The molecule has 0 saturated heterocycles. The van der Waals surface area contributed by atoms with Crippen LogP contribution in [0, 0.1) is 3.57 Å². The summed E-state index contributed by atoms with van der Waals surface area (Å²) in [5.41, 5.74) is 1.85. The maximum Gasteiger partial charge on any atom is 0.233 e. The van der Waals surface area contributed by atoms with Crippen LogP contribution in [-0.4, -0.2) is 11.8 Å². The molecule has 0 unspecified atom stereocenters. The topological polar surface area (TPSA) is 37.4 Å². The van der Waals surface area contributed by atoms with E-state index in [9.17, 15) is 9.59 Å². The van der Waals surface area contributed by atoms with Gasteiger partial charge in [-0.1, -0.05) is 0 Å². The Morgan fingerprint density at radius 3 is 2.81 bits per heavy atom. The predicted molar refractivity (Wildman–Crippen MR) is 70.3 cm³/mol. The maximum atomic E-state index is 11.8. The highest BCUT2D eigenvalue weighted by Gasteiger charge is 2.25. The molecule has 2 amide bonds. The van der Waals surface area contributed by atoms with Gasteiger partial charge in [0.2, 0.25) is 11.8 Å². The second-order valence-electron chi connectivity index (χ2n) is 3.87. The van der Waals surface area contributed by atoms with Gasteiger partial charge in [-0.25, -0.2) is 0 Å². The molecule has 0 bridgehead atoms. The first-order valence-electron chi connectivity index (χ1n) is 5.21. The number of rotatable bonds is 0. The molecule has 0 radical (unpaired) electrons. The van der Waals surface area contributed by atoms with Crippen LogP contribution in [0.1, 0.15) is 25.3 Å². The number of carbonyl (C=O) groups excluding carboxylic acids is 2. The van der Waals surface area contributed by atoms with Crippen LogP contribution in [0.5, 0.6) is 0 Å². The zero-order valence-electron chi connectivity index (χ0n) is 9.00. The van der Waals surface area contributed by atoms with Gasteiger partial charge >= 0.3 is 0 Å². The van der Waals surface area contributed by atoms with E-state index in [-0.39, 0.29) is 11.8 Å². The molecular weight excluding hydrogens is 317 g/mol. The Bertz CT molecular complexity index is 456. The van der Waals surface area contributed by atoms with E-state index in [1.807, 2.05) is 18.2 Å². The minimum atomic E-state index is -0.200. The third-order valence-corrected chi connectivity index (χ3v) is 3.35. The molecule has 0 aromatic heterocycles. The summed E-state index contributed by atoms with van der Waals surface area (Å²) >= 11 is 2.24. The molecule has 1 aromatic carbocycles. The largest absolute Gasteiger partial charge is 0.274 e. The monoisotopic (exact) mass is 329 g/mol. The highest BCUT2D eigenvalue weighted by atomic mass is 127. The molecule has 0 atom stereocenters. The van der Waals surface area contributed by atoms with Crippen molar-refractivity contribution < 1.29 is 9.59 Å². The van der Waals surface area contributed by atoms with Crippen LogP contribution in [0.2, 0.25) is 0 Å². The highest BCUT2D eigenvalue weighted by Crippen LogP contribution is 2.28. The van der Waals surface area contributed by atoms with Gasteiger partial charge in [0.1, 0.15) is 0 Å². The molecule has 0 fully saturated rings. The van der Waals surface area contributed by atoms with Crippen molar-refractivity contribution in [3.8, 4) is 0 Å². The average molecular weight is 329 g/mol. The van der Waals surface area contributed by atoms with Crippen LogP contribution < -0.4 is 4.90 Å². The molecule has 0 saturated carbocycles. The Morgan fingerprint density at radius 1 is 1.38 bits per heavy atom. The Kier molecular flexibility index (Phi) is 3.28. The van der Waals surface area contributed by atoms with Crippen molar-refractivity contribution in [2.75, 3.05) is 4.90 Å². The first-order valence-corrected chi connectivity index (χ1v) is 6.29. The minimum Gasteiger partial charge on any atom is -0.274 e. The summed E-state index contributed by atoms with van der Waals surface area (Å²) in [5, 5.41) is 0. The molecule has 4 heteroatoms. The van der Waals surface area contributed by atoms with Crippen molar-refractivity contribution in [3.63, 3.8) is 0 Å². The van der Waals surface area contributed by atoms with Crippen LogP contribution in [0.4, 0.5) is 5.69 Å². The third-order valence-electron chi connectivity index (χ3n) is 2.68. The van der Waals surface area contributed by atoms with Gasteiger partial charge in [0.05, 0.1) is 5.69 Å². The number of amides is 2. The standard InChI is InChI=1S/C12H12INO2/c1-8(15)14-11-6-5-10(13)7-9(11)3-2-4-12(14)16/h5-7H,2-4H2,1H3. The molecule has 1 aliphatic rings. The Morgan fingerprint density at radius 2 is 2.12 bits per heavy atom. The zero-order valence-corrected chi connectivity index (χ0v) is 11.2. The number of halogens is 1. The summed E-state index contributed by atoms with van der Waals surface area (Å²) < 4.78 is 1.13. The Hall–Kier alpha value is -0.910. The first-order chi connectivity index (χ1) is 7.59. The number of fused-ring (bicyclic) bond motifs is 1. The molecule has 2 rings (SSSR count). The summed E-state index contributed by atoms with van der Waals surface area (Å²) in [5.74, 6) is -0.290. The molecule has 1 aliphatic heterocycles. The molecule has 84 valence electrons. The predicted octanol–water partition coefficient (Wildman–Crippen LogP) is 2.51. The molecular formula is C12H12INO2. The summed E-state index contributed by atoms with van der Waals surface area (Å²) in [6.45, 7) is 1.44. The number of imide groups is 1. The molecule has 16 heavy (non-hydrogen) atoms. The lowest BCUT2D eigenvalue weighted by Gasteiger charge is -2.19. The number of benzene rings is 1. The van der Waals surface area contributed by atoms with Crippen LogP contribution in [0.15, 0.2) is 18.2 Å². The number of anilines is 1. The molecule has 0 spiro atoms. The van der Waals surface area contributed by atoms with E-state index in [2.05, 4.69) is 22.6 Å². The van der Waals surface area contributed by atoms with Gasteiger partial charge in [0.15, 0.2) is 0 Å². The highest BCUT2D eigenvalue weighted by molar-refractivity contribution is 14.1. The summed E-state index contributed by atoms with van der Waals surface area (Å²) in [6, 6.07) is 5.83. The fourth-order valence-corrected chi connectivity index (χ4v) is 2.55. The van der Waals surface area contributed by atoms with E-state index in [1.54, 1.807) is 0 Å². The van der Waals surface area contributed by atoms with Gasteiger partial charge in [0.25, 0.3) is 0 Å². The fourth-order valence-electron chi connectivity index (χ4n) is 1.99. The van der Waals surface area contributed by atoms with Crippen LogP contribution in [0.3, 0.4) is 0 Å². The SMILES string of the molecule is CC(=O)N1C(=O)CCCc2cc(I)ccc21. The van der Waals surface area contributed by atoms with Gasteiger partial charge in [-0.05, 0) is 59.2 Å².